The maximum absolute atomic E-state index is 12.0. The molecule has 0 amide bonds. The first-order valence-corrected chi connectivity index (χ1v) is 6.24. The Bertz CT molecular complexity index is 615. The number of benzene rings is 2. The van der Waals surface area contributed by atoms with Crippen molar-refractivity contribution in [1.82, 2.24) is 0 Å². The Morgan fingerprint density at radius 2 is 1.62 bits per heavy atom. The zero-order valence-corrected chi connectivity index (χ0v) is 11.4. The van der Waals surface area contributed by atoms with E-state index in [1.807, 2.05) is 0 Å². The SMILES string of the molecule is Nc1ccc(OCc2ccc(OC(F)(F)F)cc2)cc1Cl. The maximum Gasteiger partial charge on any atom is 0.573 e. The Hall–Kier alpha value is -2.08. The second kappa shape index (κ2) is 6.13. The molecule has 0 radical (unpaired) electrons. The van der Waals surface area contributed by atoms with Crippen LogP contribution in [0, 0.1) is 0 Å². The van der Waals surface area contributed by atoms with E-state index < -0.39 is 6.36 Å². The van der Waals surface area contributed by atoms with Crippen LogP contribution in [-0.2, 0) is 6.61 Å². The minimum atomic E-state index is -4.70. The molecule has 0 bridgehead atoms. The van der Waals surface area contributed by atoms with Crippen molar-refractivity contribution < 1.29 is 22.6 Å². The summed E-state index contributed by atoms with van der Waals surface area (Å²) in [6.45, 7) is 0.187. The number of hydrogen-bond donors (Lipinski definition) is 1. The highest BCUT2D eigenvalue weighted by atomic mass is 35.5. The summed E-state index contributed by atoms with van der Waals surface area (Å²) in [5.74, 6) is 0.242. The van der Waals surface area contributed by atoms with Crippen LogP contribution in [0.2, 0.25) is 5.02 Å². The molecule has 3 nitrogen and oxygen atoms in total. The molecule has 2 rings (SSSR count). The van der Waals surface area contributed by atoms with Gasteiger partial charge in [0, 0.05) is 6.07 Å². The summed E-state index contributed by atoms with van der Waals surface area (Å²) in [7, 11) is 0. The Kier molecular flexibility index (Phi) is 4.47. The molecule has 2 aromatic rings. The van der Waals surface area contributed by atoms with E-state index in [2.05, 4.69) is 4.74 Å². The third-order valence-corrected chi connectivity index (χ3v) is 2.86. The average Bonchev–Trinajstić information content (AvgIpc) is 2.40. The van der Waals surface area contributed by atoms with Crippen LogP contribution in [0.1, 0.15) is 5.56 Å². The summed E-state index contributed by atoms with van der Waals surface area (Å²) < 4.78 is 45.3. The van der Waals surface area contributed by atoms with Gasteiger partial charge in [-0.1, -0.05) is 23.7 Å². The highest BCUT2D eigenvalue weighted by molar-refractivity contribution is 6.33. The van der Waals surface area contributed by atoms with Crippen LogP contribution < -0.4 is 15.2 Å². The second-order valence-electron chi connectivity index (χ2n) is 4.16. The minimum Gasteiger partial charge on any atom is -0.489 e. The number of alkyl halides is 3. The molecule has 2 aromatic carbocycles. The van der Waals surface area contributed by atoms with Crippen LogP contribution in [0.25, 0.3) is 0 Å². The first-order chi connectivity index (χ1) is 9.83. The molecule has 112 valence electrons. The van der Waals surface area contributed by atoms with Gasteiger partial charge >= 0.3 is 6.36 Å². The molecule has 0 unspecified atom stereocenters. The number of ether oxygens (including phenoxy) is 2. The summed E-state index contributed by atoms with van der Waals surface area (Å²) in [6.07, 6.45) is -4.70. The number of hydrogen-bond acceptors (Lipinski definition) is 3. The lowest BCUT2D eigenvalue weighted by atomic mass is 10.2. The summed E-state index contributed by atoms with van der Waals surface area (Å²) in [6, 6.07) is 10.3. The lowest BCUT2D eigenvalue weighted by Gasteiger charge is -2.10. The Labute approximate surface area is 124 Å². The van der Waals surface area contributed by atoms with Gasteiger partial charge in [-0.2, -0.15) is 0 Å². The molecule has 0 atom stereocenters. The van der Waals surface area contributed by atoms with E-state index in [4.69, 9.17) is 22.1 Å². The fourth-order valence-corrected chi connectivity index (χ4v) is 1.72. The first kappa shape index (κ1) is 15.3. The van der Waals surface area contributed by atoms with Gasteiger partial charge in [0.1, 0.15) is 18.1 Å². The van der Waals surface area contributed by atoms with Crippen molar-refractivity contribution in [2.24, 2.45) is 0 Å². The van der Waals surface area contributed by atoms with Crippen molar-refractivity contribution in [1.29, 1.82) is 0 Å². The number of nitrogen functional groups attached to an aromatic ring is 1. The van der Waals surface area contributed by atoms with Gasteiger partial charge in [-0.05, 0) is 29.8 Å². The third kappa shape index (κ3) is 4.75. The normalized spacial score (nSPS) is 11.2. The van der Waals surface area contributed by atoms with Crippen molar-refractivity contribution in [3.63, 3.8) is 0 Å². The van der Waals surface area contributed by atoms with Crippen molar-refractivity contribution in [3.05, 3.63) is 53.1 Å². The number of halogens is 4. The molecule has 0 fully saturated rings. The highest BCUT2D eigenvalue weighted by Crippen LogP contribution is 2.26. The first-order valence-electron chi connectivity index (χ1n) is 5.86. The van der Waals surface area contributed by atoms with E-state index >= 15 is 0 Å². The topological polar surface area (TPSA) is 44.5 Å². The van der Waals surface area contributed by atoms with Crippen molar-refractivity contribution in [2.45, 2.75) is 13.0 Å². The van der Waals surface area contributed by atoms with Crippen LogP contribution in [0.5, 0.6) is 11.5 Å². The fourth-order valence-electron chi connectivity index (χ4n) is 1.55. The molecular formula is C14H11ClF3NO2. The zero-order chi connectivity index (χ0) is 15.5. The predicted octanol–water partition coefficient (Wildman–Crippen LogP) is 4.40. The lowest BCUT2D eigenvalue weighted by Crippen LogP contribution is -2.17. The summed E-state index contributed by atoms with van der Waals surface area (Å²) in [5, 5.41) is 0.376. The molecule has 0 aliphatic rings. The molecule has 7 heteroatoms. The van der Waals surface area contributed by atoms with Crippen LogP contribution in [0.3, 0.4) is 0 Å². The fraction of sp³-hybridized carbons (Fsp3) is 0.143. The largest absolute Gasteiger partial charge is 0.573 e. The van der Waals surface area contributed by atoms with Crippen LogP contribution in [0.15, 0.2) is 42.5 Å². The van der Waals surface area contributed by atoms with Crippen molar-refractivity contribution in [2.75, 3.05) is 5.73 Å². The molecule has 0 spiro atoms. The third-order valence-electron chi connectivity index (χ3n) is 2.53. The Morgan fingerprint density at radius 1 is 1.00 bits per heavy atom. The van der Waals surface area contributed by atoms with E-state index in [9.17, 15) is 13.2 Å². The number of nitrogens with two attached hydrogens (primary N) is 1. The van der Waals surface area contributed by atoms with Gasteiger partial charge in [0.15, 0.2) is 0 Å². The molecule has 2 N–H and O–H groups in total. The molecule has 0 heterocycles. The van der Waals surface area contributed by atoms with Crippen molar-refractivity contribution in [3.8, 4) is 11.5 Å². The summed E-state index contributed by atoms with van der Waals surface area (Å²) >= 11 is 5.85. The predicted molar refractivity (Wildman–Crippen MR) is 73.3 cm³/mol. The van der Waals surface area contributed by atoms with Gasteiger partial charge in [-0.25, -0.2) is 0 Å². The Balaban J connectivity index is 1.96. The standard InChI is InChI=1S/C14H11ClF3NO2/c15-12-7-11(5-6-13(12)19)20-8-9-1-3-10(4-2-9)21-14(16,17)18/h1-7H,8,19H2. The van der Waals surface area contributed by atoms with Crippen LogP contribution in [0.4, 0.5) is 18.9 Å². The lowest BCUT2D eigenvalue weighted by molar-refractivity contribution is -0.274. The second-order valence-corrected chi connectivity index (χ2v) is 4.57. The van der Waals surface area contributed by atoms with Gasteiger partial charge < -0.3 is 15.2 Å². The molecule has 0 aliphatic heterocycles. The minimum absolute atomic E-state index is 0.187. The van der Waals surface area contributed by atoms with E-state index in [0.29, 0.717) is 22.0 Å². The van der Waals surface area contributed by atoms with E-state index in [-0.39, 0.29) is 12.4 Å². The van der Waals surface area contributed by atoms with Gasteiger partial charge in [-0.15, -0.1) is 13.2 Å². The molecule has 0 saturated heterocycles. The molecular weight excluding hydrogens is 307 g/mol. The van der Waals surface area contributed by atoms with Gasteiger partial charge in [-0.3, -0.25) is 0 Å². The van der Waals surface area contributed by atoms with E-state index in [1.165, 1.54) is 24.3 Å². The molecule has 21 heavy (non-hydrogen) atoms. The highest BCUT2D eigenvalue weighted by Gasteiger charge is 2.30. The summed E-state index contributed by atoms with van der Waals surface area (Å²) in [5.41, 5.74) is 6.70. The van der Waals surface area contributed by atoms with E-state index in [0.717, 1.165) is 0 Å². The monoisotopic (exact) mass is 317 g/mol. The smallest absolute Gasteiger partial charge is 0.489 e. The zero-order valence-electron chi connectivity index (χ0n) is 10.7. The average molecular weight is 318 g/mol. The van der Waals surface area contributed by atoms with Gasteiger partial charge in [0.05, 0.1) is 10.7 Å². The van der Waals surface area contributed by atoms with Crippen molar-refractivity contribution >= 4 is 17.3 Å². The Morgan fingerprint density at radius 3 is 2.19 bits per heavy atom. The maximum atomic E-state index is 12.0. The van der Waals surface area contributed by atoms with Crippen LogP contribution >= 0.6 is 11.6 Å². The van der Waals surface area contributed by atoms with E-state index in [1.54, 1.807) is 18.2 Å². The number of rotatable bonds is 4. The van der Waals surface area contributed by atoms with Gasteiger partial charge in [0.25, 0.3) is 0 Å². The summed E-state index contributed by atoms with van der Waals surface area (Å²) in [4.78, 5) is 0. The van der Waals surface area contributed by atoms with Crippen LogP contribution in [-0.4, -0.2) is 6.36 Å². The molecule has 0 aromatic heterocycles. The quantitative estimate of drug-likeness (QED) is 0.850. The molecule has 0 aliphatic carbocycles. The number of anilines is 1. The van der Waals surface area contributed by atoms with Gasteiger partial charge in [0.2, 0.25) is 0 Å². The molecule has 0 saturated carbocycles.